The molecular weight excluding hydrogens is 234 g/mol. The molecule has 0 spiro atoms. The molecule has 1 aromatic rings. The van der Waals surface area contributed by atoms with E-state index in [1.54, 1.807) is 11.3 Å². The molecule has 1 aliphatic rings. The minimum atomic E-state index is 0.416. The highest BCUT2D eigenvalue weighted by Crippen LogP contribution is 2.29. The molecule has 0 saturated heterocycles. The van der Waals surface area contributed by atoms with Crippen molar-refractivity contribution in [3.63, 3.8) is 0 Å². The molecule has 0 radical (unpaired) electrons. The molecular formula is C9H10BrNS. The quantitative estimate of drug-likeness (QED) is 0.807. The maximum Gasteiger partial charge on any atom is 0.0288 e. The minimum absolute atomic E-state index is 0.416. The third-order valence-corrected chi connectivity index (χ3v) is 3.62. The zero-order valence-electron chi connectivity index (χ0n) is 6.59. The van der Waals surface area contributed by atoms with E-state index in [1.165, 1.54) is 14.9 Å². The molecule has 1 aromatic heterocycles. The molecule has 0 aliphatic heterocycles. The van der Waals surface area contributed by atoms with Crippen LogP contribution in [0.2, 0.25) is 0 Å². The number of halogens is 1. The van der Waals surface area contributed by atoms with Gasteiger partial charge in [-0.1, -0.05) is 5.57 Å². The standard InChI is InChI=1S/C9H10BrNS/c10-7-4-9(12-5-7)3-6-1-8(11)2-6/h3-5,8H,1-2,11H2. The molecule has 0 aromatic carbocycles. The van der Waals surface area contributed by atoms with Crippen molar-refractivity contribution in [2.45, 2.75) is 18.9 Å². The van der Waals surface area contributed by atoms with Gasteiger partial charge in [0.1, 0.15) is 0 Å². The van der Waals surface area contributed by atoms with E-state index in [2.05, 4.69) is 33.5 Å². The fraction of sp³-hybridized carbons (Fsp3) is 0.333. The van der Waals surface area contributed by atoms with Crippen LogP contribution in [0.4, 0.5) is 0 Å². The summed E-state index contributed by atoms with van der Waals surface area (Å²) in [6.07, 6.45) is 4.41. The summed E-state index contributed by atoms with van der Waals surface area (Å²) in [5, 5.41) is 2.10. The highest BCUT2D eigenvalue weighted by atomic mass is 79.9. The predicted octanol–water partition coefficient (Wildman–Crippen LogP) is 3.02. The zero-order chi connectivity index (χ0) is 8.55. The van der Waals surface area contributed by atoms with E-state index in [-0.39, 0.29) is 0 Å². The Balaban J connectivity index is 2.08. The predicted molar refractivity (Wildman–Crippen MR) is 57.2 cm³/mol. The summed E-state index contributed by atoms with van der Waals surface area (Å²) in [7, 11) is 0. The Hall–Kier alpha value is -0.120. The molecule has 64 valence electrons. The van der Waals surface area contributed by atoms with E-state index in [0.29, 0.717) is 6.04 Å². The van der Waals surface area contributed by atoms with Crippen LogP contribution in [0.1, 0.15) is 17.7 Å². The lowest BCUT2D eigenvalue weighted by molar-refractivity contribution is 0.547. The van der Waals surface area contributed by atoms with E-state index in [0.717, 1.165) is 12.8 Å². The van der Waals surface area contributed by atoms with Gasteiger partial charge >= 0.3 is 0 Å². The summed E-state index contributed by atoms with van der Waals surface area (Å²) in [4.78, 5) is 1.32. The summed E-state index contributed by atoms with van der Waals surface area (Å²) >= 11 is 5.19. The SMILES string of the molecule is NC1CC(=Cc2cc(Br)cs2)C1. The molecule has 2 N–H and O–H groups in total. The van der Waals surface area contributed by atoms with Crippen molar-refractivity contribution in [1.29, 1.82) is 0 Å². The molecule has 0 unspecified atom stereocenters. The van der Waals surface area contributed by atoms with Crippen molar-refractivity contribution in [1.82, 2.24) is 0 Å². The van der Waals surface area contributed by atoms with E-state index in [9.17, 15) is 0 Å². The summed E-state index contributed by atoms with van der Waals surface area (Å²) in [6.45, 7) is 0. The number of rotatable bonds is 1. The Bertz CT molecular complexity index is 308. The smallest absolute Gasteiger partial charge is 0.0288 e. The maximum atomic E-state index is 5.68. The molecule has 3 heteroatoms. The summed E-state index contributed by atoms with van der Waals surface area (Å²) < 4.78 is 1.17. The van der Waals surface area contributed by atoms with Crippen molar-refractivity contribution < 1.29 is 0 Å². The van der Waals surface area contributed by atoms with E-state index >= 15 is 0 Å². The first-order chi connectivity index (χ1) is 5.74. The lowest BCUT2D eigenvalue weighted by Gasteiger charge is -2.24. The fourth-order valence-electron chi connectivity index (χ4n) is 1.34. The Labute approximate surface area is 84.4 Å². The molecule has 12 heavy (non-hydrogen) atoms. The van der Waals surface area contributed by atoms with Gasteiger partial charge in [-0.3, -0.25) is 0 Å². The molecule has 1 aliphatic carbocycles. The molecule has 0 amide bonds. The highest BCUT2D eigenvalue weighted by molar-refractivity contribution is 9.10. The van der Waals surface area contributed by atoms with Crippen molar-refractivity contribution in [2.75, 3.05) is 0 Å². The van der Waals surface area contributed by atoms with Crippen LogP contribution in [0, 0.1) is 0 Å². The fourth-order valence-corrected chi connectivity index (χ4v) is 2.76. The second-order valence-corrected chi connectivity index (χ2v) is 5.00. The zero-order valence-corrected chi connectivity index (χ0v) is 8.99. The molecule has 2 rings (SSSR count). The first kappa shape index (κ1) is 8.48. The second kappa shape index (κ2) is 3.32. The van der Waals surface area contributed by atoms with Gasteiger partial charge in [-0.05, 0) is 40.9 Å². The summed E-state index contributed by atoms with van der Waals surface area (Å²) in [6, 6.07) is 2.56. The number of hydrogen-bond donors (Lipinski definition) is 1. The van der Waals surface area contributed by atoms with Gasteiger partial charge in [-0.25, -0.2) is 0 Å². The van der Waals surface area contributed by atoms with Crippen molar-refractivity contribution in [2.24, 2.45) is 5.73 Å². The van der Waals surface area contributed by atoms with Crippen LogP contribution in [0.15, 0.2) is 21.5 Å². The molecule has 1 saturated carbocycles. The van der Waals surface area contributed by atoms with Gasteiger partial charge in [0, 0.05) is 20.8 Å². The molecule has 0 atom stereocenters. The normalized spacial score (nSPS) is 22.2. The van der Waals surface area contributed by atoms with Gasteiger partial charge in [-0.2, -0.15) is 0 Å². The monoisotopic (exact) mass is 243 g/mol. The van der Waals surface area contributed by atoms with Crippen LogP contribution in [0.25, 0.3) is 6.08 Å². The average molecular weight is 244 g/mol. The van der Waals surface area contributed by atoms with Crippen LogP contribution in [0.5, 0.6) is 0 Å². The minimum Gasteiger partial charge on any atom is -0.327 e. The molecule has 1 fully saturated rings. The molecule has 0 bridgehead atoms. The van der Waals surface area contributed by atoms with Gasteiger partial charge in [0.15, 0.2) is 0 Å². The lowest BCUT2D eigenvalue weighted by atomic mass is 9.87. The number of nitrogens with two attached hydrogens (primary N) is 1. The van der Waals surface area contributed by atoms with Crippen molar-refractivity contribution in [3.05, 3.63) is 26.4 Å². The summed E-state index contributed by atoms with van der Waals surface area (Å²) in [5.74, 6) is 0. The summed E-state index contributed by atoms with van der Waals surface area (Å²) in [5.41, 5.74) is 7.16. The van der Waals surface area contributed by atoms with Crippen LogP contribution in [-0.4, -0.2) is 6.04 Å². The third kappa shape index (κ3) is 1.79. The van der Waals surface area contributed by atoms with Gasteiger partial charge in [0.25, 0.3) is 0 Å². The van der Waals surface area contributed by atoms with E-state index < -0.39 is 0 Å². The van der Waals surface area contributed by atoms with E-state index in [1.807, 2.05) is 0 Å². The Morgan fingerprint density at radius 2 is 2.33 bits per heavy atom. The first-order valence-electron chi connectivity index (χ1n) is 3.93. The Morgan fingerprint density at radius 3 is 2.83 bits per heavy atom. The largest absolute Gasteiger partial charge is 0.327 e. The molecule has 1 nitrogen and oxygen atoms in total. The maximum absolute atomic E-state index is 5.68. The van der Waals surface area contributed by atoms with Gasteiger partial charge in [-0.15, -0.1) is 11.3 Å². The first-order valence-corrected chi connectivity index (χ1v) is 5.60. The average Bonchev–Trinajstić information content (AvgIpc) is 2.33. The number of hydrogen-bond acceptors (Lipinski definition) is 2. The van der Waals surface area contributed by atoms with Crippen LogP contribution in [0.3, 0.4) is 0 Å². The second-order valence-electron chi connectivity index (χ2n) is 3.14. The Kier molecular flexibility index (Phi) is 2.35. The van der Waals surface area contributed by atoms with Gasteiger partial charge in [0.05, 0.1) is 0 Å². The Morgan fingerprint density at radius 1 is 1.58 bits per heavy atom. The number of thiophene rings is 1. The molecule has 1 heterocycles. The van der Waals surface area contributed by atoms with Crippen LogP contribution < -0.4 is 5.73 Å². The van der Waals surface area contributed by atoms with Crippen molar-refractivity contribution >= 4 is 33.3 Å². The van der Waals surface area contributed by atoms with E-state index in [4.69, 9.17) is 5.73 Å². The van der Waals surface area contributed by atoms with Gasteiger partial charge in [0.2, 0.25) is 0 Å². The lowest BCUT2D eigenvalue weighted by Crippen LogP contribution is -2.29. The topological polar surface area (TPSA) is 26.0 Å². The third-order valence-electron chi connectivity index (χ3n) is 1.98. The van der Waals surface area contributed by atoms with Gasteiger partial charge < -0.3 is 5.73 Å². The van der Waals surface area contributed by atoms with Crippen LogP contribution >= 0.6 is 27.3 Å². The van der Waals surface area contributed by atoms with Crippen molar-refractivity contribution in [3.8, 4) is 0 Å². The highest BCUT2D eigenvalue weighted by Gasteiger charge is 2.18. The van der Waals surface area contributed by atoms with Crippen LogP contribution in [-0.2, 0) is 0 Å².